The second-order valence-corrected chi connectivity index (χ2v) is 10.2. The highest BCUT2D eigenvalue weighted by Gasteiger charge is 2.13. The fraction of sp³-hybridized carbons (Fsp3) is 0.115. The first kappa shape index (κ1) is 26.2. The van der Waals surface area contributed by atoms with Crippen LogP contribution in [0, 0.1) is 0 Å². The van der Waals surface area contributed by atoms with Gasteiger partial charge in [0.15, 0.2) is 0 Å². The van der Waals surface area contributed by atoms with Crippen molar-refractivity contribution in [2.24, 2.45) is 0 Å². The summed E-state index contributed by atoms with van der Waals surface area (Å²) >= 11 is 5.89. The van der Waals surface area contributed by atoms with Crippen LogP contribution in [0.1, 0.15) is 5.56 Å². The zero-order chi connectivity index (χ0) is 26.3. The maximum absolute atomic E-state index is 12.3. The number of carbonyl (C=O) groups is 1. The number of nitrogens with one attached hydrogen (secondary N) is 3. The minimum atomic E-state index is -3.68. The molecule has 0 radical (unpaired) electrons. The highest BCUT2D eigenvalue weighted by atomic mass is 35.5. The lowest BCUT2D eigenvalue weighted by Gasteiger charge is -2.09. The van der Waals surface area contributed by atoms with Crippen LogP contribution < -0.4 is 15.4 Å². The van der Waals surface area contributed by atoms with Gasteiger partial charge in [0.1, 0.15) is 0 Å². The van der Waals surface area contributed by atoms with E-state index in [-0.39, 0.29) is 30.4 Å². The Kier molecular flexibility index (Phi) is 8.47. The molecule has 4 N–H and O–H groups in total. The zero-order valence-electron chi connectivity index (χ0n) is 19.6. The van der Waals surface area contributed by atoms with Crippen molar-refractivity contribution in [3.8, 4) is 11.3 Å². The third-order valence-electron chi connectivity index (χ3n) is 5.22. The predicted molar refractivity (Wildman–Crippen MR) is 143 cm³/mol. The minimum Gasteiger partial charge on any atom is -0.395 e. The van der Waals surface area contributed by atoms with Gasteiger partial charge in [-0.2, -0.15) is 0 Å². The topological polar surface area (TPSA) is 133 Å². The van der Waals surface area contributed by atoms with Gasteiger partial charge >= 0.3 is 0 Å². The molecule has 1 heterocycles. The van der Waals surface area contributed by atoms with Crippen molar-refractivity contribution >= 4 is 44.9 Å². The summed E-state index contributed by atoms with van der Waals surface area (Å²) in [6, 6.07) is 22.3. The van der Waals surface area contributed by atoms with E-state index in [2.05, 4.69) is 25.3 Å². The third kappa shape index (κ3) is 7.34. The molecule has 11 heteroatoms. The van der Waals surface area contributed by atoms with Crippen molar-refractivity contribution in [1.82, 2.24) is 14.7 Å². The van der Waals surface area contributed by atoms with E-state index in [4.69, 9.17) is 16.7 Å². The van der Waals surface area contributed by atoms with Gasteiger partial charge in [0.2, 0.25) is 21.9 Å². The van der Waals surface area contributed by atoms with Crippen LogP contribution in [0.3, 0.4) is 0 Å². The molecule has 0 aliphatic heterocycles. The molecule has 0 fully saturated rings. The highest BCUT2D eigenvalue weighted by molar-refractivity contribution is 7.89. The number of hydrogen-bond acceptors (Lipinski definition) is 7. The normalized spacial score (nSPS) is 11.2. The van der Waals surface area contributed by atoms with Gasteiger partial charge in [-0.15, -0.1) is 0 Å². The van der Waals surface area contributed by atoms with Crippen LogP contribution in [0.4, 0.5) is 17.3 Å². The summed E-state index contributed by atoms with van der Waals surface area (Å²) in [4.78, 5) is 21.2. The zero-order valence-corrected chi connectivity index (χ0v) is 21.1. The number of nitrogens with zero attached hydrogens (tertiary/aromatic N) is 2. The van der Waals surface area contributed by atoms with E-state index < -0.39 is 10.0 Å². The van der Waals surface area contributed by atoms with Crippen molar-refractivity contribution in [2.75, 3.05) is 23.8 Å². The SMILES string of the molecule is O=C(Cc1ccc(Cl)cc1)Nc1ccc(-c2ccnc(Nc3ccc(S(=O)(=O)NCCO)cc3)n2)cc1. The molecule has 4 aromatic rings. The molecule has 0 atom stereocenters. The van der Waals surface area contributed by atoms with Crippen molar-refractivity contribution in [2.45, 2.75) is 11.3 Å². The monoisotopic (exact) mass is 537 g/mol. The van der Waals surface area contributed by atoms with Crippen molar-refractivity contribution < 1.29 is 18.3 Å². The number of aliphatic hydroxyl groups excluding tert-OH is 1. The number of aromatic nitrogens is 2. The number of anilines is 3. The number of aliphatic hydroxyl groups is 1. The van der Waals surface area contributed by atoms with Crippen LogP contribution in [0.15, 0.2) is 90.0 Å². The van der Waals surface area contributed by atoms with Gasteiger partial charge in [0.05, 0.1) is 23.6 Å². The van der Waals surface area contributed by atoms with E-state index in [1.165, 1.54) is 12.1 Å². The predicted octanol–water partition coefficient (Wildman–Crippen LogP) is 3.99. The molecule has 3 aromatic carbocycles. The van der Waals surface area contributed by atoms with Gasteiger partial charge in [-0.05, 0) is 60.2 Å². The maximum Gasteiger partial charge on any atom is 0.240 e. The lowest BCUT2D eigenvalue weighted by Crippen LogP contribution is -2.26. The van der Waals surface area contributed by atoms with E-state index in [1.807, 2.05) is 24.3 Å². The van der Waals surface area contributed by atoms with Crippen molar-refractivity contribution in [3.05, 3.63) is 95.6 Å². The Balaban J connectivity index is 1.39. The Morgan fingerprint density at radius 3 is 2.24 bits per heavy atom. The fourth-order valence-corrected chi connectivity index (χ4v) is 4.55. The van der Waals surface area contributed by atoms with Crippen LogP contribution in [-0.2, 0) is 21.2 Å². The Morgan fingerprint density at radius 2 is 1.57 bits per heavy atom. The maximum atomic E-state index is 12.3. The summed E-state index contributed by atoms with van der Waals surface area (Å²) in [7, 11) is -3.68. The first-order chi connectivity index (χ1) is 17.8. The number of halogens is 1. The molecule has 1 amide bonds. The molecule has 0 aliphatic carbocycles. The summed E-state index contributed by atoms with van der Waals surface area (Å²) in [6.07, 6.45) is 1.86. The van der Waals surface area contributed by atoms with E-state index in [9.17, 15) is 13.2 Å². The fourth-order valence-electron chi connectivity index (χ4n) is 3.41. The summed E-state index contributed by atoms with van der Waals surface area (Å²) in [5.74, 6) is 0.207. The lowest BCUT2D eigenvalue weighted by molar-refractivity contribution is -0.115. The Bertz CT molecular complexity index is 1460. The average Bonchev–Trinajstić information content (AvgIpc) is 2.90. The molecule has 0 saturated carbocycles. The van der Waals surface area contributed by atoms with Gasteiger partial charge in [-0.3, -0.25) is 4.79 Å². The number of hydrogen-bond donors (Lipinski definition) is 4. The molecule has 9 nitrogen and oxygen atoms in total. The molecule has 4 rings (SSSR count). The molecule has 1 aromatic heterocycles. The largest absolute Gasteiger partial charge is 0.395 e. The molecule has 0 spiro atoms. The summed E-state index contributed by atoms with van der Waals surface area (Å²) in [5.41, 5.74) is 3.64. The molecule has 37 heavy (non-hydrogen) atoms. The molecule has 0 bridgehead atoms. The minimum absolute atomic E-state index is 0.0558. The Labute approximate surface area is 219 Å². The first-order valence-electron chi connectivity index (χ1n) is 11.3. The van der Waals surface area contributed by atoms with Crippen LogP contribution in [0.25, 0.3) is 11.3 Å². The van der Waals surface area contributed by atoms with E-state index in [0.717, 1.165) is 11.1 Å². The van der Waals surface area contributed by atoms with Crippen LogP contribution in [-0.4, -0.2) is 42.6 Å². The summed E-state index contributed by atoms with van der Waals surface area (Å²) in [5, 5.41) is 15.4. The lowest BCUT2D eigenvalue weighted by atomic mass is 10.1. The third-order valence-corrected chi connectivity index (χ3v) is 6.95. The second-order valence-electron chi connectivity index (χ2n) is 7.97. The molecule has 190 valence electrons. The summed E-state index contributed by atoms with van der Waals surface area (Å²) < 4.78 is 26.6. The first-order valence-corrected chi connectivity index (χ1v) is 13.1. The van der Waals surface area contributed by atoms with Gasteiger partial charge in [0.25, 0.3) is 0 Å². The molecule has 0 aliphatic rings. The Morgan fingerprint density at radius 1 is 0.892 bits per heavy atom. The quantitative estimate of drug-likeness (QED) is 0.240. The van der Waals surface area contributed by atoms with Crippen molar-refractivity contribution in [1.29, 1.82) is 0 Å². The molecule has 0 unspecified atom stereocenters. The van der Waals surface area contributed by atoms with Crippen molar-refractivity contribution in [3.63, 3.8) is 0 Å². The van der Waals surface area contributed by atoms with Gasteiger partial charge in [0, 0.05) is 34.7 Å². The van der Waals surface area contributed by atoms with Crippen LogP contribution in [0.5, 0.6) is 0 Å². The van der Waals surface area contributed by atoms with E-state index in [1.54, 1.807) is 48.7 Å². The average molecular weight is 538 g/mol. The van der Waals surface area contributed by atoms with Gasteiger partial charge in [-0.25, -0.2) is 23.1 Å². The molecule has 0 saturated heterocycles. The highest BCUT2D eigenvalue weighted by Crippen LogP contribution is 2.22. The number of rotatable bonds is 10. The van der Waals surface area contributed by atoms with E-state index in [0.29, 0.717) is 28.0 Å². The van der Waals surface area contributed by atoms with Gasteiger partial charge in [-0.1, -0.05) is 35.9 Å². The van der Waals surface area contributed by atoms with Gasteiger partial charge < -0.3 is 15.7 Å². The second kappa shape index (κ2) is 11.9. The number of carbonyl (C=O) groups excluding carboxylic acids is 1. The van der Waals surface area contributed by atoms with Crippen LogP contribution in [0.2, 0.25) is 5.02 Å². The van der Waals surface area contributed by atoms with E-state index >= 15 is 0 Å². The number of benzene rings is 3. The Hall–Kier alpha value is -3.83. The molecular formula is C26H24ClN5O4S. The van der Waals surface area contributed by atoms with Crippen LogP contribution >= 0.6 is 11.6 Å². The standard InChI is InChI=1S/C26H24ClN5O4S/c27-20-5-1-18(2-6-20)17-25(34)30-21-7-3-19(4-8-21)24-13-14-28-26(32-24)31-22-9-11-23(12-10-22)37(35,36)29-15-16-33/h1-14,29,33H,15-17H2,(H,30,34)(H,28,31,32). The number of sulfonamides is 1. The smallest absolute Gasteiger partial charge is 0.240 e. The molecular weight excluding hydrogens is 514 g/mol. The summed E-state index contributed by atoms with van der Waals surface area (Å²) in [6.45, 7) is -0.339. The number of amides is 1.